The maximum Gasteiger partial charge on any atom is 0.222 e. The summed E-state index contributed by atoms with van der Waals surface area (Å²) in [7, 11) is 0. The molecule has 1 rings (SSSR count). The van der Waals surface area contributed by atoms with Crippen LogP contribution in [0.3, 0.4) is 0 Å². The molecule has 0 spiro atoms. The molecule has 1 fully saturated rings. The van der Waals surface area contributed by atoms with Crippen LogP contribution in [0.25, 0.3) is 0 Å². The van der Waals surface area contributed by atoms with Gasteiger partial charge >= 0.3 is 0 Å². The van der Waals surface area contributed by atoms with E-state index >= 15 is 0 Å². The van der Waals surface area contributed by atoms with Crippen LogP contribution < -0.4 is 0 Å². The molecule has 0 N–H and O–H groups in total. The van der Waals surface area contributed by atoms with Crippen LogP contribution in [0.4, 0.5) is 0 Å². The molecular formula is C12H22ClNO. The highest BCUT2D eigenvalue weighted by Crippen LogP contribution is 2.34. The van der Waals surface area contributed by atoms with Crippen molar-refractivity contribution in [2.75, 3.05) is 19.0 Å². The smallest absolute Gasteiger partial charge is 0.222 e. The third kappa shape index (κ3) is 3.67. The maximum atomic E-state index is 11.7. The SMILES string of the molecule is CC(C)(C)C1CCC(=O)N(CCCl)CC1. The molecule has 1 unspecified atom stereocenters. The van der Waals surface area contributed by atoms with Crippen molar-refractivity contribution in [3.63, 3.8) is 0 Å². The van der Waals surface area contributed by atoms with Crippen molar-refractivity contribution in [2.45, 2.75) is 40.0 Å². The summed E-state index contributed by atoms with van der Waals surface area (Å²) in [6, 6.07) is 0. The zero-order valence-electron chi connectivity index (χ0n) is 10.1. The van der Waals surface area contributed by atoms with Crippen molar-refractivity contribution in [1.29, 1.82) is 0 Å². The van der Waals surface area contributed by atoms with Gasteiger partial charge < -0.3 is 4.90 Å². The van der Waals surface area contributed by atoms with Crippen LogP contribution in [0.2, 0.25) is 0 Å². The number of carbonyl (C=O) groups is 1. The highest BCUT2D eigenvalue weighted by Gasteiger charge is 2.29. The molecule has 1 heterocycles. The molecule has 0 saturated carbocycles. The molecule has 0 radical (unpaired) electrons. The molecule has 1 saturated heterocycles. The van der Waals surface area contributed by atoms with E-state index in [4.69, 9.17) is 11.6 Å². The Morgan fingerprint density at radius 3 is 2.60 bits per heavy atom. The normalized spacial score (nSPS) is 24.1. The molecule has 1 atom stereocenters. The summed E-state index contributed by atoms with van der Waals surface area (Å²) < 4.78 is 0. The van der Waals surface area contributed by atoms with E-state index < -0.39 is 0 Å². The summed E-state index contributed by atoms with van der Waals surface area (Å²) in [6.45, 7) is 8.38. The van der Waals surface area contributed by atoms with Gasteiger partial charge in [0.25, 0.3) is 0 Å². The number of alkyl halides is 1. The van der Waals surface area contributed by atoms with Crippen molar-refractivity contribution in [3.05, 3.63) is 0 Å². The van der Waals surface area contributed by atoms with Crippen molar-refractivity contribution in [2.24, 2.45) is 11.3 Å². The van der Waals surface area contributed by atoms with Crippen LogP contribution in [0.5, 0.6) is 0 Å². The molecule has 1 aliphatic heterocycles. The Labute approximate surface area is 98.0 Å². The lowest BCUT2D eigenvalue weighted by Crippen LogP contribution is -2.32. The lowest BCUT2D eigenvalue weighted by Gasteiger charge is -2.29. The molecule has 1 aliphatic rings. The Kier molecular flexibility index (Phi) is 4.45. The van der Waals surface area contributed by atoms with E-state index in [9.17, 15) is 4.79 Å². The average molecular weight is 232 g/mol. The number of nitrogens with zero attached hydrogens (tertiary/aromatic N) is 1. The number of halogens is 1. The van der Waals surface area contributed by atoms with Gasteiger partial charge in [-0.2, -0.15) is 0 Å². The minimum Gasteiger partial charge on any atom is -0.341 e. The van der Waals surface area contributed by atoms with E-state index in [1.165, 1.54) is 0 Å². The number of hydrogen-bond acceptors (Lipinski definition) is 1. The number of hydrogen-bond donors (Lipinski definition) is 0. The Bertz CT molecular complexity index is 222. The topological polar surface area (TPSA) is 20.3 Å². The molecule has 2 nitrogen and oxygen atoms in total. The van der Waals surface area contributed by atoms with Crippen LogP contribution in [0.1, 0.15) is 40.0 Å². The number of carbonyl (C=O) groups excluding carboxylic acids is 1. The second-order valence-corrected chi connectivity index (χ2v) is 5.84. The second kappa shape index (κ2) is 5.20. The largest absolute Gasteiger partial charge is 0.341 e. The first-order valence-electron chi connectivity index (χ1n) is 5.79. The standard InChI is InChI=1S/C12H22ClNO/c1-12(2,3)10-4-5-11(15)14(8-6-10)9-7-13/h10H,4-9H2,1-3H3. The van der Waals surface area contributed by atoms with Crippen molar-refractivity contribution in [1.82, 2.24) is 4.90 Å². The van der Waals surface area contributed by atoms with Gasteiger partial charge in [0.05, 0.1) is 0 Å². The summed E-state index contributed by atoms with van der Waals surface area (Å²) in [5, 5.41) is 0. The van der Waals surface area contributed by atoms with Crippen molar-refractivity contribution < 1.29 is 4.79 Å². The molecule has 3 heteroatoms. The first-order chi connectivity index (χ1) is 6.95. The van der Waals surface area contributed by atoms with Gasteiger partial charge in [-0.15, -0.1) is 11.6 Å². The van der Waals surface area contributed by atoms with Gasteiger partial charge in [0, 0.05) is 25.4 Å². The monoisotopic (exact) mass is 231 g/mol. The molecule has 15 heavy (non-hydrogen) atoms. The summed E-state index contributed by atoms with van der Waals surface area (Å²) in [5.41, 5.74) is 0.317. The zero-order valence-corrected chi connectivity index (χ0v) is 10.8. The van der Waals surface area contributed by atoms with Crippen LogP contribution in [-0.4, -0.2) is 29.8 Å². The van der Waals surface area contributed by atoms with E-state index in [0.29, 0.717) is 30.2 Å². The van der Waals surface area contributed by atoms with E-state index in [-0.39, 0.29) is 5.91 Å². The third-order valence-corrected chi connectivity index (χ3v) is 3.56. The molecular weight excluding hydrogens is 210 g/mol. The lowest BCUT2D eigenvalue weighted by atomic mass is 9.77. The predicted octanol–water partition coefficient (Wildman–Crippen LogP) is 2.90. The van der Waals surface area contributed by atoms with Crippen molar-refractivity contribution in [3.8, 4) is 0 Å². The maximum absolute atomic E-state index is 11.7. The molecule has 1 amide bonds. The third-order valence-electron chi connectivity index (χ3n) is 3.39. The first kappa shape index (κ1) is 12.8. The van der Waals surface area contributed by atoms with Gasteiger partial charge in [-0.05, 0) is 24.2 Å². The lowest BCUT2D eigenvalue weighted by molar-refractivity contribution is -0.130. The summed E-state index contributed by atoms with van der Waals surface area (Å²) in [5.74, 6) is 1.48. The highest BCUT2D eigenvalue weighted by atomic mass is 35.5. The van der Waals surface area contributed by atoms with E-state index in [2.05, 4.69) is 20.8 Å². The average Bonchev–Trinajstić information content (AvgIpc) is 2.29. The van der Waals surface area contributed by atoms with Crippen LogP contribution >= 0.6 is 11.6 Å². The van der Waals surface area contributed by atoms with Gasteiger partial charge in [0.2, 0.25) is 5.91 Å². The summed E-state index contributed by atoms with van der Waals surface area (Å²) in [6.07, 6.45) is 2.84. The molecule has 88 valence electrons. The fraction of sp³-hybridized carbons (Fsp3) is 0.917. The summed E-state index contributed by atoms with van der Waals surface area (Å²) >= 11 is 5.69. The molecule has 0 aliphatic carbocycles. The quantitative estimate of drug-likeness (QED) is 0.670. The van der Waals surface area contributed by atoms with Gasteiger partial charge in [-0.1, -0.05) is 20.8 Å². The van der Waals surface area contributed by atoms with Crippen LogP contribution in [0, 0.1) is 11.3 Å². The van der Waals surface area contributed by atoms with Crippen molar-refractivity contribution >= 4 is 17.5 Å². The van der Waals surface area contributed by atoms with Crippen LogP contribution in [0.15, 0.2) is 0 Å². The predicted molar refractivity (Wildman–Crippen MR) is 64.1 cm³/mol. The fourth-order valence-electron chi connectivity index (χ4n) is 2.24. The van der Waals surface area contributed by atoms with Gasteiger partial charge in [-0.3, -0.25) is 4.79 Å². The van der Waals surface area contributed by atoms with E-state index in [0.717, 1.165) is 19.4 Å². The Morgan fingerprint density at radius 1 is 1.40 bits per heavy atom. The molecule has 0 aromatic heterocycles. The van der Waals surface area contributed by atoms with Gasteiger partial charge in [-0.25, -0.2) is 0 Å². The Hall–Kier alpha value is -0.240. The van der Waals surface area contributed by atoms with Gasteiger partial charge in [0.15, 0.2) is 0 Å². The van der Waals surface area contributed by atoms with Crippen LogP contribution in [-0.2, 0) is 4.79 Å². The number of amides is 1. The second-order valence-electron chi connectivity index (χ2n) is 5.46. The number of rotatable bonds is 2. The molecule has 0 aromatic rings. The Morgan fingerprint density at radius 2 is 2.07 bits per heavy atom. The fourth-order valence-corrected chi connectivity index (χ4v) is 2.45. The zero-order chi connectivity index (χ0) is 11.5. The van der Waals surface area contributed by atoms with E-state index in [1.807, 2.05) is 4.90 Å². The molecule has 0 bridgehead atoms. The first-order valence-corrected chi connectivity index (χ1v) is 6.32. The minimum atomic E-state index is 0.280. The summed E-state index contributed by atoms with van der Waals surface area (Å²) in [4.78, 5) is 13.7. The molecule has 0 aromatic carbocycles. The van der Waals surface area contributed by atoms with E-state index in [1.54, 1.807) is 0 Å². The Balaban J connectivity index is 2.57. The highest BCUT2D eigenvalue weighted by molar-refractivity contribution is 6.18. The number of likely N-dealkylation sites (tertiary alicyclic amines) is 1. The van der Waals surface area contributed by atoms with Gasteiger partial charge in [0.1, 0.15) is 0 Å². The minimum absolute atomic E-state index is 0.280.